The first-order valence-electron chi connectivity index (χ1n) is 12.3. The third-order valence-corrected chi connectivity index (χ3v) is 7.45. The minimum absolute atomic E-state index is 0.0220. The molecule has 5 N–H and O–H groups in total. The van der Waals surface area contributed by atoms with Crippen molar-refractivity contribution in [3.63, 3.8) is 0 Å². The van der Waals surface area contributed by atoms with Crippen molar-refractivity contribution in [2.45, 2.75) is 44.3 Å². The molecular formula is C27H31N5O5S. The maximum Gasteiger partial charge on any atom is 0.270 e. The number of rotatable bonds is 10. The first-order valence-corrected chi connectivity index (χ1v) is 13.0. The summed E-state index contributed by atoms with van der Waals surface area (Å²) >= 11 is 0.779. The minimum Gasteiger partial charge on any atom is -0.493 e. The summed E-state index contributed by atoms with van der Waals surface area (Å²) in [5.41, 5.74) is 12.6. The Labute approximate surface area is 225 Å². The van der Waals surface area contributed by atoms with E-state index in [1.165, 1.54) is 19.1 Å². The van der Waals surface area contributed by atoms with Gasteiger partial charge in [0, 0.05) is 12.6 Å². The number of amides is 3. The number of ether oxygens (including phenoxy) is 2. The van der Waals surface area contributed by atoms with Crippen molar-refractivity contribution in [1.82, 2.24) is 14.6 Å². The fourth-order valence-electron chi connectivity index (χ4n) is 4.67. The predicted molar refractivity (Wildman–Crippen MR) is 144 cm³/mol. The van der Waals surface area contributed by atoms with E-state index >= 15 is 0 Å². The van der Waals surface area contributed by atoms with Crippen molar-refractivity contribution in [2.75, 3.05) is 20.0 Å². The zero-order chi connectivity index (χ0) is 27.2. The average Bonchev–Trinajstić information content (AvgIpc) is 3.57. The Kier molecular flexibility index (Phi) is 8.47. The molecule has 38 heavy (non-hydrogen) atoms. The molecule has 1 fully saturated rings. The van der Waals surface area contributed by atoms with Gasteiger partial charge < -0.3 is 31.2 Å². The molecule has 4 rings (SSSR count). The summed E-state index contributed by atoms with van der Waals surface area (Å²) in [6.45, 7) is 0.0972. The fraction of sp³-hybridized carbons (Fsp3) is 0.333. The number of nitrogens with zero attached hydrogens (tertiary/aromatic N) is 2. The van der Waals surface area contributed by atoms with Crippen LogP contribution in [0.1, 0.15) is 63.0 Å². The number of carbonyl (C=O) groups is 3. The number of aromatic nitrogens is 1. The maximum atomic E-state index is 14.1. The summed E-state index contributed by atoms with van der Waals surface area (Å²) in [5, 5.41) is 3.13. The molecule has 0 saturated heterocycles. The van der Waals surface area contributed by atoms with Crippen LogP contribution >= 0.6 is 11.5 Å². The number of hydrogen-bond donors (Lipinski definition) is 3. The van der Waals surface area contributed by atoms with Gasteiger partial charge in [-0.15, -0.1) is 0 Å². The van der Waals surface area contributed by atoms with Crippen molar-refractivity contribution in [1.29, 1.82) is 0 Å². The summed E-state index contributed by atoms with van der Waals surface area (Å²) in [6.07, 6.45) is 3.82. The van der Waals surface area contributed by atoms with Gasteiger partial charge in [-0.05, 0) is 47.6 Å². The molecule has 1 aromatic heterocycles. The first kappa shape index (κ1) is 26.9. The van der Waals surface area contributed by atoms with Crippen LogP contribution < -0.4 is 26.3 Å². The van der Waals surface area contributed by atoms with Crippen LogP contribution in [0.15, 0.2) is 48.5 Å². The molecule has 10 nitrogen and oxygen atoms in total. The zero-order valence-corrected chi connectivity index (χ0v) is 22.1. The van der Waals surface area contributed by atoms with Crippen LogP contribution in [0.4, 0.5) is 5.69 Å². The molecule has 0 spiro atoms. The molecule has 1 heterocycles. The molecule has 0 radical (unpaired) electrons. The van der Waals surface area contributed by atoms with E-state index < -0.39 is 17.9 Å². The highest BCUT2D eigenvalue weighted by Crippen LogP contribution is 2.35. The second-order valence-corrected chi connectivity index (χ2v) is 9.84. The summed E-state index contributed by atoms with van der Waals surface area (Å²) < 4.78 is 14.9. The molecule has 0 unspecified atom stereocenters. The topological polar surface area (TPSA) is 150 Å². The van der Waals surface area contributed by atoms with Gasteiger partial charge in [-0.1, -0.05) is 49.2 Å². The lowest BCUT2D eigenvalue weighted by molar-refractivity contribution is -0.126. The number of anilines is 1. The van der Waals surface area contributed by atoms with Crippen LogP contribution in [-0.4, -0.2) is 47.3 Å². The molecule has 3 amide bonds. The van der Waals surface area contributed by atoms with E-state index in [0.29, 0.717) is 17.1 Å². The second-order valence-electron chi connectivity index (χ2n) is 9.06. The van der Waals surface area contributed by atoms with Crippen LogP contribution in [0, 0.1) is 0 Å². The quantitative estimate of drug-likeness (QED) is 0.359. The molecule has 3 aromatic rings. The van der Waals surface area contributed by atoms with E-state index in [9.17, 15) is 14.4 Å². The van der Waals surface area contributed by atoms with Gasteiger partial charge >= 0.3 is 0 Å². The number of nitrogen functional groups attached to an aromatic ring is 1. The average molecular weight is 538 g/mol. The molecule has 11 heteroatoms. The fourth-order valence-corrected chi connectivity index (χ4v) is 5.43. The van der Waals surface area contributed by atoms with E-state index in [4.69, 9.17) is 20.9 Å². The summed E-state index contributed by atoms with van der Waals surface area (Å²) in [7, 11) is 3.03. The Morgan fingerprint density at radius 3 is 2.37 bits per heavy atom. The summed E-state index contributed by atoms with van der Waals surface area (Å²) in [6, 6.07) is 13.4. The zero-order valence-electron chi connectivity index (χ0n) is 21.3. The van der Waals surface area contributed by atoms with E-state index in [0.717, 1.165) is 42.8 Å². The van der Waals surface area contributed by atoms with Crippen molar-refractivity contribution in [3.8, 4) is 11.5 Å². The number of nitrogens with one attached hydrogen (secondary N) is 1. The van der Waals surface area contributed by atoms with Crippen LogP contribution in [0.2, 0.25) is 0 Å². The van der Waals surface area contributed by atoms with Gasteiger partial charge in [0.05, 0.1) is 19.9 Å². The van der Waals surface area contributed by atoms with Gasteiger partial charge in [0.1, 0.15) is 10.9 Å². The number of nitrogens with two attached hydrogens (primary N) is 2. The second kappa shape index (κ2) is 12.0. The number of carbonyl (C=O) groups excluding carboxylic acids is 3. The molecule has 1 atom stereocenters. The van der Waals surface area contributed by atoms with Gasteiger partial charge in [0.2, 0.25) is 5.91 Å². The predicted octanol–water partition coefficient (Wildman–Crippen LogP) is 3.28. The third kappa shape index (κ3) is 5.72. The monoisotopic (exact) mass is 537 g/mol. The normalized spacial score (nSPS) is 14.1. The highest BCUT2D eigenvalue weighted by molar-refractivity contribution is 7.09. The van der Waals surface area contributed by atoms with Crippen molar-refractivity contribution in [3.05, 3.63) is 70.2 Å². The third-order valence-electron chi connectivity index (χ3n) is 6.60. The largest absolute Gasteiger partial charge is 0.493 e. The summed E-state index contributed by atoms with van der Waals surface area (Å²) in [4.78, 5) is 41.2. The van der Waals surface area contributed by atoms with Crippen molar-refractivity contribution in [2.24, 2.45) is 5.73 Å². The Balaban J connectivity index is 1.83. The van der Waals surface area contributed by atoms with Crippen LogP contribution in [-0.2, 0) is 11.3 Å². The Bertz CT molecular complexity index is 1310. The minimum atomic E-state index is -1.04. The lowest BCUT2D eigenvalue weighted by Gasteiger charge is -2.32. The van der Waals surface area contributed by atoms with E-state index in [1.807, 2.05) is 30.3 Å². The first-order chi connectivity index (χ1) is 18.3. The van der Waals surface area contributed by atoms with Crippen LogP contribution in [0.5, 0.6) is 11.5 Å². The number of methoxy groups -OCH3 is 2. The Morgan fingerprint density at radius 1 is 1.08 bits per heavy atom. The lowest BCUT2D eigenvalue weighted by Crippen LogP contribution is -2.45. The maximum absolute atomic E-state index is 14.1. The highest BCUT2D eigenvalue weighted by Gasteiger charge is 2.36. The van der Waals surface area contributed by atoms with Crippen LogP contribution in [0.25, 0.3) is 0 Å². The van der Waals surface area contributed by atoms with Gasteiger partial charge in [0.25, 0.3) is 11.8 Å². The lowest BCUT2D eigenvalue weighted by atomic mass is 10.0. The number of primary amides is 1. The van der Waals surface area contributed by atoms with Gasteiger partial charge in [-0.25, -0.2) is 0 Å². The molecule has 1 saturated carbocycles. The highest BCUT2D eigenvalue weighted by atomic mass is 32.1. The van der Waals surface area contributed by atoms with Crippen molar-refractivity contribution >= 4 is 34.9 Å². The van der Waals surface area contributed by atoms with Gasteiger partial charge in [0.15, 0.2) is 17.2 Å². The Hall–Kier alpha value is -4.12. The van der Waals surface area contributed by atoms with Crippen molar-refractivity contribution < 1.29 is 23.9 Å². The molecule has 200 valence electrons. The molecule has 2 aromatic carbocycles. The van der Waals surface area contributed by atoms with Gasteiger partial charge in [-0.3, -0.25) is 14.4 Å². The molecular weight excluding hydrogens is 506 g/mol. The smallest absolute Gasteiger partial charge is 0.270 e. The SMILES string of the molecule is COc1ccc([C@@H](C(=O)NC2CCCC2)N(Cc2ccccc2)C(=O)c2snc(C(N)=O)c2N)cc1OC. The molecule has 1 aliphatic carbocycles. The molecule has 0 bridgehead atoms. The summed E-state index contributed by atoms with van der Waals surface area (Å²) in [5.74, 6) is -0.791. The van der Waals surface area contributed by atoms with Gasteiger partial charge in [-0.2, -0.15) is 4.37 Å². The van der Waals surface area contributed by atoms with E-state index in [1.54, 1.807) is 18.2 Å². The molecule has 1 aliphatic rings. The van der Waals surface area contributed by atoms with E-state index in [-0.39, 0.29) is 34.8 Å². The standard InChI is InChI=1S/C27H31N5O5S/c1-36-19-13-12-17(14-20(19)37-2)23(26(34)30-18-10-6-7-11-18)32(15-16-8-4-3-5-9-16)27(35)24-21(28)22(25(29)33)31-38-24/h3-5,8-9,12-14,18,23H,6-7,10-11,15,28H2,1-2H3,(H2,29,33)(H,30,34)/t23-/m0/s1. The van der Waals surface area contributed by atoms with E-state index in [2.05, 4.69) is 9.69 Å². The number of hydrogen-bond acceptors (Lipinski definition) is 8. The van der Waals surface area contributed by atoms with Crippen LogP contribution in [0.3, 0.4) is 0 Å². The molecule has 0 aliphatic heterocycles. The number of benzene rings is 2. The Morgan fingerprint density at radius 2 is 1.76 bits per heavy atom.